The molecule has 1 atom stereocenters. The Labute approximate surface area is 189 Å². The van der Waals surface area contributed by atoms with E-state index in [-0.39, 0.29) is 49.0 Å². The molecule has 0 bridgehead atoms. The summed E-state index contributed by atoms with van der Waals surface area (Å²) in [6, 6.07) is 8.77. The van der Waals surface area contributed by atoms with Crippen molar-refractivity contribution >= 4 is 48.8 Å². The van der Waals surface area contributed by atoms with Gasteiger partial charge in [-0.1, -0.05) is 19.1 Å². The molecule has 5 nitrogen and oxygen atoms in total. The largest absolute Gasteiger partial charge is 0.369 e. The SMILES string of the molecule is CNCC(C)C(=O)NCCCCN1CCN(c2cccc(C)c2)CC1.Cl.Cl.Cl. The van der Waals surface area contributed by atoms with E-state index in [1.807, 2.05) is 14.0 Å². The average molecular weight is 456 g/mol. The standard InChI is InChI=1S/C20H34N4O.3ClH/c1-17-7-6-8-19(15-17)24-13-11-23(12-14-24)10-5-4-9-22-20(25)18(2)16-21-3;;;/h6-8,15,18,21H,4-5,9-14,16H2,1-3H3,(H,22,25);3*1H. The number of carbonyl (C=O) groups is 1. The third-order valence-corrected chi connectivity index (χ3v) is 4.90. The molecule has 2 N–H and O–H groups in total. The third-order valence-electron chi connectivity index (χ3n) is 4.90. The molecule has 0 aliphatic carbocycles. The number of piperazine rings is 1. The van der Waals surface area contributed by atoms with Crippen LogP contribution in [0.3, 0.4) is 0 Å². The zero-order valence-corrected chi connectivity index (χ0v) is 19.7. The first-order chi connectivity index (χ1) is 12.1. The van der Waals surface area contributed by atoms with E-state index in [4.69, 9.17) is 0 Å². The molecule has 1 heterocycles. The molecule has 0 aromatic heterocycles. The molecule has 28 heavy (non-hydrogen) atoms. The lowest BCUT2D eigenvalue weighted by Crippen LogP contribution is -2.46. The van der Waals surface area contributed by atoms with Crippen molar-refractivity contribution < 1.29 is 4.79 Å². The van der Waals surface area contributed by atoms with Crippen molar-refractivity contribution in [2.45, 2.75) is 26.7 Å². The van der Waals surface area contributed by atoms with Gasteiger partial charge in [0.25, 0.3) is 0 Å². The van der Waals surface area contributed by atoms with Gasteiger partial charge in [0.1, 0.15) is 0 Å². The maximum Gasteiger partial charge on any atom is 0.224 e. The number of unbranched alkanes of at least 4 members (excludes halogenated alkanes) is 1. The Kier molecular flexibility index (Phi) is 17.0. The first kappa shape index (κ1) is 29.5. The van der Waals surface area contributed by atoms with Gasteiger partial charge >= 0.3 is 0 Å². The monoisotopic (exact) mass is 454 g/mol. The minimum atomic E-state index is 0. The van der Waals surface area contributed by atoms with Gasteiger partial charge in [-0.25, -0.2) is 0 Å². The molecule has 164 valence electrons. The van der Waals surface area contributed by atoms with E-state index in [9.17, 15) is 4.79 Å². The highest BCUT2D eigenvalue weighted by atomic mass is 35.5. The first-order valence-corrected chi connectivity index (χ1v) is 9.56. The van der Waals surface area contributed by atoms with Gasteiger partial charge in [0.05, 0.1) is 0 Å². The molecule has 1 amide bonds. The summed E-state index contributed by atoms with van der Waals surface area (Å²) in [7, 11) is 1.88. The highest BCUT2D eigenvalue weighted by molar-refractivity contribution is 5.86. The van der Waals surface area contributed by atoms with E-state index in [2.05, 4.69) is 51.6 Å². The number of rotatable bonds is 9. The Morgan fingerprint density at radius 3 is 2.39 bits per heavy atom. The van der Waals surface area contributed by atoms with Gasteiger partial charge in [0.2, 0.25) is 5.91 Å². The smallest absolute Gasteiger partial charge is 0.224 e. The highest BCUT2D eigenvalue weighted by Gasteiger charge is 2.17. The maximum atomic E-state index is 11.8. The molecule has 1 aromatic rings. The van der Waals surface area contributed by atoms with Crippen LogP contribution in [0.4, 0.5) is 5.69 Å². The van der Waals surface area contributed by atoms with Crippen molar-refractivity contribution in [2.75, 3.05) is 57.8 Å². The molecule has 0 radical (unpaired) electrons. The minimum Gasteiger partial charge on any atom is -0.369 e. The van der Waals surface area contributed by atoms with Crippen LogP contribution in [0.25, 0.3) is 0 Å². The lowest BCUT2D eigenvalue weighted by Gasteiger charge is -2.36. The molecule has 0 spiro atoms. The molecule has 0 saturated carbocycles. The van der Waals surface area contributed by atoms with Gasteiger partial charge in [-0.2, -0.15) is 0 Å². The van der Waals surface area contributed by atoms with Crippen LogP contribution in [0, 0.1) is 12.8 Å². The summed E-state index contributed by atoms with van der Waals surface area (Å²) in [5.41, 5.74) is 2.67. The van der Waals surface area contributed by atoms with Gasteiger partial charge in [0.15, 0.2) is 0 Å². The molecule has 1 saturated heterocycles. The Morgan fingerprint density at radius 1 is 1.11 bits per heavy atom. The molecular formula is C20H37Cl3N4O. The van der Waals surface area contributed by atoms with Gasteiger partial charge in [-0.15, -0.1) is 37.2 Å². The van der Waals surface area contributed by atoms with Crippen LogP contribution in [0.2, 0.25) is 0 Å². The summed E-state index contributed by atoms with van der Waals surface area (Å²) < 4.78 is 0. The second-order valence-electron chi connectivity index (χ2n) is 7.12. The van der Waals surface area contributed by atoms with Crippen LogP contribution in [-0.2, 0) is 4.79 Å². The zero-order valence-electron chi connectivity index (χ0n) is 17.3. The van der Waals surface area contributed by atoms with E-state index >= 15 is 0 Å². The summed E-state index contributed by atoms with van der Waals surface area (Å²) in [5.74, 6) is 0.195. The van der Waals surface area contributed by atoms with Crippen LogP contribution in [-0.4, -0.2) is 63.7 Å². The van der Waals surface area contributed by atoms with Gasteiger partial charge < -0.3 is 15.5 Å². The Balaban J connectivity index is 0. The number of hydrogen-bond donors (Lipinski definition) is 2. The third kappa shape index (κ3) is 10.2. The number of amides is 1. The fourth-order valence-electron chi connectivity index (χ4n) is 3.30. The van der Waals surface area contributed by atoms with Crippen LogP contribution in [0.1, 0.15) is 25.3 Å². The number of benzene rings is 1. The van der Waals surface area contributed by atoms with Crippen molar-refractivity contribution in [1.29, 1.82) is 0 Å². The minimum absolute atomic E-state index is 0. The number of carbonyl (C=O) groups excluding carboxylic acids is 1. The number of aryl methyl sites for hydroxylation is 1. The lowest BCUT2D eigenvalue weighted by molar-refractivity contribution is -0.124. The quantitative estimate of drug-likeness (QED) is 0.562. The lowest BCUT2D eigenvalue weighted by atomic mass is 10.1. The highest BCUT2D eigenvalue weighted by Crippen LogP contribution is 2.17. The second-order valence-corrected chi connectivity index (χ2v) is 7.12. The topological polar surface area (TPSA) is 47.6 Å². The van der Waals surface area contributed by atoms with E-state index in [1.54, 1.807) is 0 Å². The van der Waals surface area contributed by atoms with E-state index in [0.717, 1.165) is 58.7 Å². The predicted molar refractivity (Wildman–Crippen MR) is 127 cm³/mol. The number of anilines is 1. The number of nitrogens with zero attached hydrogens (tertiary/aromatic N) is 2. The van der Waals surface area contributed by atoms with E-state index < -0.39 is 0 Å². The summed E-state index contributed by atoms with van der Waals surface area (Å²) in [5, 5.41) is 6.07. The Morgan fingerprint density at radius 2 is 1.79 bits per heavy atom. The normalized spacial score (nSPS) is 14.9. The molecule has 2 rings (SSSR count). The van der Waals surface area contributed by atoms with E-state index in [1.165, 1.54) is 11.3 Å². The summed E-state index contributed by atoms with van der Waals surface area (Å²) in [6.07, 6.45) is 2.20. The van der Waals surface area contributed by atoms with Crippen molar-refractivity contribution in [2.24, 2.45) is 5.92 Å². The van der Waals surface area contributed by atoms with Crippen LogP contribution >= 0.6 is 37.2 Å². The summed E-state index contributed by atoms with van der Waals surface area (Å²) in [6.45, 7) is 11.2. The molecule has 1 aliphatic heterocycles. The molecule has 1 aromatic carbocycles. The summed E-state index contributed by atoms with van der Waals surface area (Å²) >= 11 is 0. The number of hydrogen-bond acceptors (Lipinski definition) is 4. The van der Waals surface area contributed by atoms with Crippen molar-refractivity contribution in [3.8, 4) is 0 Å². The Bertz CT molecular complexity index is 540. The average Bonchev–Trinajstić information content (AvgIpc) is 2.62. The number of halogens is 3. The van der Waals surface area contributed by atoms with Gasteiger partial charge in [0, 0.05) is 50.9 Å². The van der Waals surface area contributed by atoms with E-state index in [0.29, 0.717) is 0 Å². The van der Waals surface area contributed by atoms with Crippen LogP contribution < -0.4 is 15.5 Å². The van der Waals surface area contributed by atoms with Crippen molar-refractivity contribution in [3.63, 3.8) is 0 Å². The zero-order chi connectivity index (χ0) is 18.1. The second kappa shape index (κ2) is 16.1. The predicted octanol–water partition coefficient (Wildman–Crippen LogP) is 3.13. The van der Waals surface area contributed by atoms with Crippen molar-refractivity contribution in [3.05, 3.63) is 29.8 Å². The summed E-state index contributed by atoms with van der Waals surface area (Å²) in [4.78, 5) is 16.8. The molecule has 1 unspecified atom stereocenters. The van der Waals surface area contributed by atoms with Gasteiger partial charge in [-0.3, -0.25) is 9.69 Å². The molecular weight excluding hydrogens is 419 g/mol. The first-order valence-electron chi connectivity index (χ1n) is 9.56. The molecule has 1 fully saturated rings. The fourth-order valence-corrected chi connectivity index (χ4v) is 3.30. The number of nitrogens with one attached hydrogen (secondary N) is 2. The van der Waals surface area contributed by atoms with Crippen molar-refractivity contribution in [1.82, 2.24) is 15.5 Å². The fraction of sp³-hybridized carbons (Fsp3) is 0.650. The molecule has 8 heteroatoms. The Hall–Kier alpha value is -0.720. The maximum absolute atomic E-state index is 11.8. The van der Waals surface area contributed by atoms with Crippen LogP contribution in [0.5, 0.6) is 0 Å². The van der Waals surface area contributed by atoms with Gasteiger partial charge in [-0.05, 0) is 51.1 Å². The van der Waals surface area contributed by atoms with Crippen LogP contribution in [0.15, 0.2) is 24.3 Å². The molecule has 1 aliphatic rings.